The zero-order valence-corrected chi connectivity index (χ0v) is 12.6. The fourth-order valence-electron chi connectivity index (χ4n) is 2.31. The fraction of sp³-hybridized carbons (Fsp3) is 0.538. The van der Waals surface area contributed by atoms with Crippen molar-refractivity contribution in [3.05, 3.63) is 22.5 Å². The summed E-state index contributed by atoms with van der Waals surface area (Å²) in [7, 11) is 0. The third-order valence-electron chi connectivity index (χ3n) is 3.37. The van der Waals surface area contributed by atoms with Crippen molar-refractivity contribution in [3.63, 3.8) is 0 Å². The molecule has 1 fully saturated rings. The first-order chi connectivity index (χ1) is 10.2. The Bertz CT molecular complexity index is 699. The third kappa shape index (κ3) is 2.57. The molecule has 1 aromatic rings. The molecule has 1 saturated heterocycles. The van der Waals surface area contributed by atoms with E-state index in [1.165, 1.54) is 13.8 Å². The van der Waals surface area contributed by atoms with Crippen molar-refractivity contribution in [3.8, 4) is 11.8 Å². The third-order valence-corrected chi connectivity index (χ3v) is 3.87. The maximum absolute atomic E-state index is 13.6. The van der Waals surface area contributed by atoms with Crippen LogP contribution in [0, 0.1) is 17.7 Å². The summed E-state index contributed by atoms with van der Waals surface area (Å²) >= 11 is 6.32. The summed E-state index contributed by atoms with van der Waals surface area (Å²) < 4.78 is 19.8. The summed E-state index contributed by atoms with van der Waals surface area (Å²) in [4.78, 5) is 13.5. The molecular weight excluding hydrogens is 317 g/mol. The molecule has 0 saturated carbocycles. The van der Waals surface area contributed by atoms with E-state index in [4.69, 9.17) is 22.1 Å². The Morgan fingerprint density at radius 2 is 2.32 bits per heavy atom. The Hall–Kier alpha value is -1.66. The van der Waals surface area contributed by atoms with Crippen molar-refractivity contribution in [1.82, 2.24) is 9.55 Å². The second-order valence-corrected chi connectivity index (χ2v) is 5.57. The minimum Gasteiger partial charge on any atom is -0.391 e. The summed E-state index contributed by atoms with van der Waals surface area (Å²) in [6.45, 7) is 2.87. The smallest absolute Gasteiger partial charge is 0.351 e. The van der Waals surface area contributed by atoms with Gasteiger partial charge in [-0.15, -0.1) is 5.92 Å². The number of ether oxygens (including phenoxy) is 1. The second-order valence-electron chi connectivity index (χ2n) is 4.95. The van der Waals surface area contributed by atoms with E-state index in [1.54, 1.807) is 0 Å². The number of nitrogens with two attached hydrogens (primary N) is 1. The van der Waals surface area contributed by atoms with Crippen molar-refractivity contribution in [1.29, 1.82) is 0 Å². The molecule has 7 nitrogen and oxygen atoms in total. The van der Waals surface area contributed by atoms with Gasteiger partial charge in [0.1, 0.15) is 12.2 Å². The van der Waals surface area contributed by atoms with Gasteiger partial charge in [-0.3, -0.25) is 4.57 Å². The number of halogens is 2. The van der Waals surface area contributed by atoms with Crippen molar-refractivity contribution in [2.24, 2.45) is 0 Å². The first-order valence-electron chi connectivity index (χ1n) is 6.41. The number of aromatic nitrogens is 2. The van der Waals surface area contributed by atoms with E-state index in [9.17, 15) is 19.4 Å². The highest BCUT2D eigenvalue weighted by molar-refractivity contribution is 6.27. The Morgan fingerprint density at radius 1 is 1.68 bits per heavy atom. The van der Waals surface area contributed by atoms with Crippen LogP contribution < -0.4 is 11.4 Å². The second kappa shape index (κ2) is 5.85. The molecule has 4 N–H and O–H groups in total. The number of aliphatic hydroxyl groups is 2. The Kier molecular flexibility index (Phi) is 4.44. The van der Waals surface area contributed by atoms with Crippen molar-refractivity contribution in [2.75, 3.05) is 5.73 Å². The number of hydrogen-bond acceptors (Lipinski definition) is 6. The molecule has 0 radical (unpaired) electrons. The zero-order valence-electron chi connectivity index (χ0n) is 11.8. The van der Waals surface area contributed by atoms with E-state index >= 15 is 0 Å². The van der Waals surface area contributed by atoms with Crippen LogP contribution in [0.1, 0.15) is 20.1 Å². The minimum atomic E-state index is -1.75. The molecule has 2 heterocycles. The lowest BCUT2D eigenvalue weighted by Gasteiger charge is -2.25. The normalized spacial score (nSPS) is 32.4. The molecule has 1 unspecified atom stereocenters. The first-order valence-corrected chi connectivity index (χ1v) is 6.78. The van der Waals surface area contributed by atoms with Crippen molar-refractivity contribution < 1.29 is 19.3 Å². The lowest BCUT2D eigenvalue weighted by molar-refractivity contribution is -0.0774. The van der Waals surface area contributed by atoms with Gasteiger partial charge in [-0.2, -0.15) is 4.98 Å². The molecule has 0 aliphatic carbocycles. The molecule has 1 aliphatic rings. The van der Waals surface area contributed by atoms with Gasteiger partial charge in [-0.25, -0.2) is 9.18 Å². The van der Waals surface area contributed by atoms with Crippen LogP contribution in [0.3, 0.4) is 0 Å². The van der Waals surface area contributed by atoms with Crippen LogP contribution in [-0.2, 0) is 4.74 Å². The van der Waals surface area contributed by atoms with Crippen LogP contribution in [0.5, 0.6) is 0 Å². The number of alkyl halides is 1. The van der Waals surface area contributed by atoms with E-state index in [2.05, 4.69) is 16.8 Å². The molecule has 0 spiro atoms. The SMILES string of the molecule is CC#C[C@@]1(Cl)C(O)[C@@H]([C@@H](C)O)O[C@H]1n1cc(F)c(N)nc1=O. The van der Waals surface area contributed by atoms with Gasteiger partial charge in [0.05, 0.1) is 12.3 Å². The summed E-state index contributed by atoms with van der Waals surface area (Å²) in [6, 6.07) is 0. The first kappa shape index (κ1) is 16.7. The van der Waals surface area contributed by atoms with Gasteiger partial charge in [-0.05, 0) is 13.8 Å². The molecule has 9 heteroatoms. The summed E-state index contributed by atoms with van der Waals surface area (Å²) in [6.07, 6.45) is -4.15. The summed E-state index contributed by atoms with van der Waals surface area (Å²) in [5.74, 6) is 3.58. The predicted octanol–water partition coefficient (Wildman–Crippen LogP) is -0.395. The lowest BCUT2D eigenvalue weighted by Crippen LogP contribution is -2.44. The van der Waals surface area contributed by atoms with Gasteiger partial charge in [0, 0.05) is 0 Å². The van der Waals surface area contributed by atoms with Gasteiger partial charge in [-0.1, -0.05) is 17.5 Å². The van der Waals surface area contributed by atoms with Crippen LogP contribution in [0.2, 0.25) is 0 Å². The molecule has 2 rings (SSSR count). The van der Waals surface area contributed by atoms with Gasteiger partial charge >= 0.3 is 5.69 Å². The molecule has 1 aliphatic heterocycles. The lowest BCUT2D eigenvalue weighted by atomic mass is 9.96. The molecule has 120 valence electrons. The summed E-state index contributed by atoms with van der Waals surface area (Å²) in [5.41, 5.74) is 4.31. The quantitative estimate of drug-likeness (QED) is 0.502. The fourth-order valence-corrected chi connectivity index (χ4v) is 2.68. The van der Waals surface area contributed by atoms with Crippen LogP contribution in [0.25, 0.3) is 0 Å². The Labute approximate surface area is 130 Å². The van der Waals surface area contributed by atoms with Gasteiger partial charge in [0.2, 0.25) is 0 Å². The molecule has 5 atom stereocenters. The zero-order chi connectivity index (χ0) is 16.7. The Morgan fingerprint density at radius 3 is 2.86 bits per heavy atom. The van der Waals surface area contributed by atoms with E-state index < -0.39 is 46.7 Å². The van der Waals surface area contributed by atoms with E-state index in [0.29, 0.717) is 0 Å². The topological polar surface area (TPSA) is 111 Å². The molecule has 0 bridgehead atoms. The van der Waals surface area contributed by atoms with Crippen LogP contribution in [-0.4, -0.2) is 43.0 Å². The highest BCUT2D eigenvalue weighted by Crippen LogP contribution is 2.43. The maximum atomic E-state index is 13.6. The van der Waals surface area contributed by atoms with Gasteiger partial charge in [0.25, 0.3) is 0 Å². The van der Waals surface area contributed by atoms with Crippen LogP contribution in [0.4, 0.5) is 10.2 Å². The predicted molar refractivity (Wildman–Crippen MR) is 76.5 cm³/mol. The summed E-state index contributed by atoms with van der Waals surface area (Å²) in [5, 5.41) is 19.9. The number of nitrogen functional groups attached to an aromatic ring is 1. The van der Waals surface area contributed by atoms with Crippen molar-refractivity contribution >= 4 is 17.4 Å². The van der Waals surface area contributed by atoms with Crippen LogP contribution in [0.15, 0.2) is 11.0 Å². The van der Waals surface area contributed by atoms with Crippen LogP contribution >= 0.6 is 11.6 Å². The standard InChI is InChI=1S/C13H15ClFN3O4/c1-3-4-13(14)9(20)8(6(2)19)22-11(13)18-5-7(15)10(16)17-12(18)21/h5-6,8-9,11,19-20H,1-2H3,(H2,16,17,21)/t6-,8-,9?,11-,13-/m1/s1. The van der Waals surface area contributed by atoms with E-state index in [0.717, 1.165) is 10.8 Å². The average Bonchev–Trinajstić information content (AvgIpc) is 2.68. The number of anilines is 1. The molecule has 1 aromatic heterocycles. The van der Waals surface area contributed by atoms with Crippen molar-refractivity contribution in [2.45, 2.75) is 43.3 Å². The Balaban J connectivity index is 2.59. The maximum Gasteiger partial charge on any atom is 0.351 e. The molecule has 22 heavy (non-hydrogen) atoms. The van der Waals surface area contributed by atoms with Gasteiger partial charge in [0.15, 0.2) is 22.7 Å². The minimum absolute atomic E-state index is 0.561. The molecular formula is C13H15ClFN3O4. The number of hydrogen-bond donors (Lipinski definition) is 3. The number of nitrogens with zero attached hydrogens (tertiary/aromatic N) is 2. The number of aliphatic hydroxyl groups excluding tert-OH is 2. The largest absolute Gasteiger partial charge is 0.391 e. The monoisotopic (exact) mass is 331 g/mol. The highest BCUT2D eigenvalue weighted by atomic mass is 35.5. The number of rotatable bonds is 2. The average molecular weight is 332 g/mol. The molecule has 0 aromatic carbocycles. The molecule has 0 amide bonds. The highest BCUT2D eigenvalue weighted by Gasteiger charge is 2.57. The van der Waals surface area contributed by atoms with Gasteiger partial charge < -0.3 is 20.7 Å². The van der Waals surface area contributed by atoms with E-state index in [1.807, 2.05) is 0 Å². The van der Waals surface area contributed by atoms with E-state index in [-0.39, 0.29) is 0 Å².